The molecule has 0 fully saturated rings. The van der Waals surface area contributed by atoms with Crippen molar-refractivity contribution in [2.24, 2.45) is 0 Å². The molecule has 8 heavy (non-hydrogen) atoms. The normalized spacial score (nSPS) is 26.8. The van der Waals surface area contributed by atoms with Crippen LogP contribution in [-0.4, -0.2) is 31.3 Å². The van der Waals surface area contributed by atoms with Gasteiger partial charge in [0.2, 0.25) is 0 Å². The molecule has 0 atom stereocenters. The highest BCUT2D eigenvalue weighted by Crippen LogP contribution is 1.63. The molecule has 0 aliphatic carbocycles. The van der Waals surface area contributed by atoms with E-state index in [-0.39, 0.29) is 0 Å². The lowest BCUT2D eigenvalue weighted by molar-refractivity contribution is 0.176. The Kier molecular flexibility index (Phi) is 0.880. The lowest BCUT2D eigenvalue weighted by Crippen LogP contribution is -2.24. The summed E-state index contributed by atoms with van der Waals surface area (Å²) < 4.78 is 51.4. The molecule has 2 N–H and O–H groups in total. The van der Waals surface area contributed by atoms with Gasteiger partial charge in [-0.2, -0.15) is 0 Å². The number of carboxylic acid groups (broad SMARTS) is 1. The third-order valence-electron chi connectivity index (χ3n) is 0.271. The van der Waals surface area contributed by atoms with E-state index in [1.807, 2.05) is 0 Å². The van der Waals surface area contributed by atoms with Crippen LogP contribution in [0.2, 0.25) is 0 Å². The number of hydrogen-bond donors (Lipinski definition) is 2. The monoisotopic (exact) mass is 126 g/mol. The van der Waals surface area contributed by atoms with Crippen LogP contribution in [0.25, 0.3) is 0 Å². The summed E-state index contributed by atoms with van der Waals surface area (Å²) in [6, 6.07) is 0. The number of ether oxygens (including phenoxy) is 1. The van der Waals surface area contributed by atoms with E-state index in [4.69, 9.17) is 14.7 Å². The van der Waals surface area contributed by atoms with Gasteiger partial charge in [-0.25, -0.2) is 4.79 Å². The van der Waals surface area contributed by atoms with E-state index >= 15 is 0 Å². The topological polar surface area (TPSA) is 58.6 Å². The molecule has 48 valence electrons. The summed E-state index contributed by atoms with van der Waals surface area (Å²) in [4.78, 5) is 10.1. The Morgan fingerprint density at radius 2 is 3.00 bits per heavy atom. The van der Waals surface area contributed by atoms with E-state index in [0.29, 0.717) is 0 Å². The maximum atomic E-state index is 10.1. The van der Waals surface area contributed by atoms with E-state index in [9.17, 15) is 4.79 Å². The van der Waals surface area contributed by atoms with E-state index in [0.717, 1.165) is 0 Å². The van der Waals surface area contributed by atoms with Crippen molar-refractivity contribution in [2.75, 3.05) is 20.1 Å². The van der Waals surface area contributed by atoms with E-state index in [1.165, 1.54) is 5.32 Å². The predicted octanol–water partition coefficient (Wildman–Crippen LogP) is -0.0996. The minimum absolute atomic E-state index is 1.18. The Hall–Kier alpha value is -0.770. The highest BCUT2D eigenvalue weighted by molar-refractivity contribution is 5.64. The van der Waals surface area contributed by atoms with Gasteiger partial charge in [-0.3, -0.25) is 0 Å². The molecule has 0 aromatic heterocycles. The molecule has 1 amide bonds. The Bertz CT molecular complexity index is 249. The standard InChI is InChI=1S/C4H9NO3/c1-8-3-2-5-4(6)7/h5H,2-3H2,1H3,(H,6,7)/i1D3,2D2,3D2. The third-order valence-corrected chi connectivity index (χ3v) is 0.271. The van der Waals surface area contributed by atoms with Gasteiger partial charge >= 0.3 is 6.09 Å². The Morgan fingerprint density at radius 3 is 3.50 bits per heavy atom. The van der Waals surface area contributed by atoms with Crippen molar-refractivity contribution in [2.45, 2.75) is 0 Å². The molecule has 0 heterocycles. The Balaban J connectivity index is 4.76. The molecule has 0 unspecified atom stereocenters. The first-order valence-electron chi connectivity index (χ1n) is 5.09. The third kappa shape index (κ3) is 5.23. The highest BCUT2D eigenvalue weighted by atomic mass is 16.5. The predicted molar refractivity (Wildman–Crippen MR) is 27.9 cm³/mol. The molecule has 0 bridgehead atoms. The maximum Gasteiger partial charge on any atom is 0.404 e. The van der Waals surface area contributed by atoms with Gasteiger partial charge in [0, 0.05) is 13.5 Å². The van der Waals surface area contributed by atoms with Gasteiger partial charge in [0.1, 0.15) is 0 Å². The second kappa shape index (κ2) is 4.39. The van der Waals surface area contributed by atoms with Crippen LogP contribution in [0, 0.1) is 0 Å². The first kappa shape index (κ1) is 1.60. The lowest BCUT2D eigenvalue weighted by atomic mass is 10.7. The highest BCUT2D eigenvalue weighted by Gasteiger charge is 1.89. The first-order chi connectivity index (χ1) is 6.37. The summed E-state index contributed by atoms with van der Waals surface area (Å²) in [6.07, 6.45) is -1.84. The molecular formula is C4H9NO3. The summed E-state index contributed by atoms with van der Waals surface area (Å²) in [7, 11) is -3.17. The van der Waals surface area contributed by atoms with Gasteiger partial charge in [-0.15, -0.1) is 0 Å². The number of hydrogen-bond acceptors (Lipinski definition) is 2. The molecule has 0 saturated heterocycles. The second-order valence-corrected chi connectivity index (χ2v) is 0.759. The van der Waals surface area contributed by atoms with Crippen LogP contribution in [0.4, 0.5) is 4.79 Å². The summed E-state index contributed by atoms with van der Waals surface area (Å²) >= 11 is 0. The van der Waals surface area contributed by atoms with Crippen LogP contribution >= 0.6 is 0 Å². The molecule has 4 heteroatoms. The van der Waals surface area contributed by atoms with Gasteiger partial charge in [0.15, 0.2) is 0 Å². The van der Waals surface area contributed by atoms with Crippen LogP contribution < -0.4 is 5.32 Å². The van der Waals surface area contributed by atoms with E-state index in [2.05, 4.69) is 4.74 Å². The van der Waals surface area contributed by atoms with Gasteiger partial charge in [-0.1, -0.05) is 0 Å². The summed E-state index contributed by atoms with van der Waals surface area (Å²) in [5, 5.41) is 9.38. The zero-order chi connectivity index (χ0) is 12.5. The zero-order valence-corrected chi connectivity index (χ0v) is 3.76. The first-order valence-corrected chi connectivity index (χ1v) is 1.59. The quantitative estimate of drug-likeness (QED) is 0.555. The minimum atomic E-state index is -3.31. The zero-order valence-electron chi connectivity index (χ0n) is 10.8. The number of amides is 1. The smallest absolute Gasteiger partial charge is 0.404 e. The lowest BCUT2D eigenvalue weighted by Gasteiger charge is -1.96. The molecule has 0 rings (SSSR count). The number of carbonyl (C=O) groups is 1. The average Bonchev–Trinajstić information content (AvgIpc) is 1.75. The van der Waals surface area contributed by atoms with Crippen molar-refractivity contribution in [1.82, 2.24) is 5.32 Å². The SMILES string of the molecule is [2H]C([2H])([2H])OC([2H])([2H])C([2H])([2H])NC(=O)O. The van der Waals surface area contributed by atoms with Crippen molar-refractivity contribution in [3.8, 4) is 0 Å². The van der Waals surface area contributed by atoms with Crippen LogP contribution in [0.5, 0.6) is 0 Å². The van der Waals surface area contributed by atoms with Crippen molar-refractivity contribution >= 4 is 6.09 Å². The number of methoxy groups -OCH3 is 1. The number of rotatable bonds is 3. The molecule has 0 aromatic rings. The fourth-order valence-electron chi connectivity index (χ4n) is 0.104. The van der Waals surface area contributed by atoms with Gasteiger partial charge in [0.25, 0.3) is 0 Å². The van der Waals surface area contributed by atoms with Crippen molar-refractivity contribution < 1.29 is 24.2 Å². The van der Waals surface area contributed by atoms with E-state index < -0.39 is 26.2 Å². The fourth-order valence-corrected chi connectivity index (χ4v) is 0.104. The van der Waals surface area contributed by atoms with Crippen LogP contribution in [0.1, 0.15) is 9.60 Å². The molecular weight excluding hydrogens is 110 g/mol. The molecule has 0 aromatic carbocycles. The summed E-state index contributed by atoms with van der Waals surface area (Å²) in [5.74, 6) is 0. The Morgan fingerprint density at radius 1 is 2.25 bits per heavy atom. The van der Waals surface area contributed by atoms with Crippen molar-refractivity contribution in [3.63, 3.8) is 0 Å². The van der Waals surface area contributed by atoms with Gasteiger partial charge in [-0.05, 0) is 0 Å². The maximum absolute atomic E-state index is 10.1. The molecule has 0 radical (unpaired) electrons. The average molecular weight is 126 g/mol. The molecule has 0 aliphatic rings. The van der Waals surface area contributed by atoms with Gasteiger partial charge < -0.3 is 15.2 Å². The molecule has 0 spiro atoms. The van der Waals surface area contributed by atoms with Crippen molar-refractivity contribution in [3.05, 3.63) is 0 Å². The van der Waals surface area contributed by atoms with Crippen LogP contribution in [0.3, 0.4) is 0 Å². The molecule has 4 nitrogen and oxygen atoms in total. The van der Waals surface area contributed by atoms with Crippen LogP contribution in [0.15, 0.2) is 0 Å². The van der Waals surface area contributed by atoms with E-state index in [1.54, 1.807) is 0 Å². The molecule has 0 saturated carbocycles. The minimum Gasteiger partial charge on any atom is -0.465 e. The second-order valence-electron chi connectivity index (χ2n) is 0.759. The molecule has 0 aliphatic heterocycles. The van der Waals surface area contributed by atoms with Crippen LogP contribution in [-0.2, 0) is 4.74 Å². The Labute approximate surface area is 57.3 Å². The van der Waals surface area contributed by atoms with Gasteiger partial charge in [0.05, 0.1) is 16.2 Å². The largest absolute Gasteiger partial charge is 0.465 e. The summed E-state index contributed by atoms with van der Waals surface area (Å²) in [5.41, 5.74) is 0. The fraction of sp³-hybridized carbons (Fsp3) is 0.750. The van der Waals surface area contributed by atoms with Crippen molar-refractivity contribution in [1.29, 1.82) is 0 Å². The number of nitrogens with one attached hydrogen (secondary N) is 1. The summed E-state index contributed by atoms with van der Waals surface area (Å²) in [6.45, 7) is -6.48.